The van der Waals surface area contributed by atoms with Gasteiger partial charge < -0.3 is 9.84 Å². The molecule has 1 N–H and O–H groups in total. The van der Waals surface area contributed by atoms with Crippen molar-refractivity contribution in [1.29, 1.82) is 0 Å². The summed E-state index contributed by atoms with van der Waals surface area (Å²) in [5.74, 6) is 0.0843. The third-order valence-electron chi connectivity index (χ3n) is 3.72. The Bertz CT molecular complexity index is 626. The first-order chi connectivity index (χ1) is 10.6. The van der Waals surface area contributed by atoms with Crippen LogP contribution in [0.5, 0.6) is 5.75 Å². The van der Waals surface area contributed by atoms with Crippen LogP contribution in [0.3, 0.4) is 0 Å². The van der Waals surface area contributed by atoms with Crippen LogP contribution in [-0.4, -0.2) is 45.3 Å². The molecule has 1 aromatic heterocycles. The monoisotopic (exact) mass is 303 g/mol. The van der Waals surface area contributed by atoms with Gasteiger partial charge in [-0.2, -0.15) is 0 Å². The molecule has 5 nitrogen and oxygen atoms in total. The van der Waals surface area contributed by atoms with E-state index >= 15 is 0 Å². The quantitative estimate of drug-likeness (QED) is 0.910. The lowest BCUT2D eigenvalue weighted by Crippen LogP contribution is -2.39. The molecule has 1 fully saturated rings. The van der Waals surface area contributed by atoms with E-state index in [0.717, 1.165) is 12.2 Å². The zero-order valence-electron chi connectivity index (χ0n) is 12.2. The van der Waals surface area contributed by atoms with Gasteiger partial charge in [0.15, 0.2) is 0 Å². The summed E-state index contributed by atoms with van der Waals surface area (Å²) in [5.41, 5.74) is -0.0491. The highest BCUT2D eigenvalue weighted by molar-refractivity contribution is 5.22. The maximum Gasteiger partial charge on any atom is 0.126 e. The van der Waals surface area contributed by atoms with E-state index in [-0.39, 0.29) is 12.4 Å². The van der Waals surface area contributed by atoms with Crippen LogP contribution >= 0.6 is 0 Å². The number of hydrogen-bond acceptors (Lipinski definition) is 5. The lowest BCUT2D eigenvalue weighted by Gasteiger charge is -2.23. The van der Waals surface area contributed by atoms with Crippen LogP contribution in [0.25, 0.3) is 0 Å². The highest BCUT2D eigenvalue weighted by atomic mass is 19.1. The lowest BCUT2D eigenvalue weighted by atomic mass is 10.1. The Hall–Kier alpha value is -2.05. The van der Waals surface area contributed by atoms with Crippen molar-refractivity contribution < 1.29 is 14.2 Å². The Labute approximate surface area is 128 Å². The summed E-state index contributed by atoms with van der Waals surface area (Å²) in [6.45, 7) is 2.06. The van der Waals surface area contributed by atoms with Crippen molar-refractivity contribution in [1.82, 2.24) is 14.9 Å². The van der Waals surface area contributed by atoms with E-state index in [0.29, 0.717) is 25.3 Å². The van der Waals surface area contributed by atoms with Crippen LogP contribution < -0.4 is 4.74 Å². The Morgan fingerprint density at radius 2 is 2.27 bits per heavy atom. The van der Waals surface area contributed by atoms with E-state index in [9.17, 15) is 9.50 Å². The molecule has 116 valence electrons. The van der Waals surface area contributed by atoms with Crippen molar-refractivity contribution in [2.75, 3.05) is 19.7 Å². The van der Waals surface area contributed by atoms with Gasteiger partial charge in [0.2, 0.25) is 0 Å². The Balaban J connectivity index is 1.54. The topological polar surface area (TPSA) is 58.5 Å². The average Bonchev–Trinajstić information content (AvgIpc) is 2.88. The van der Waals surface area contributed by atoms with Gasteiger partial charge in [0.05, 0.1) is 5.69 Å². The van der Waals surface area contributed by atoms with Gasteiger partial charge in [-0.3, -0.25) is 14.9 Å². The van der Waals surface area contributed by atoms with Crippen molar-refractivity contribution in [2.45, 2.75) is 18.6 Å². The predicted octanol–water partition coefficient (Wildman–Crippen LogP) is 1.63. The number of halogens is 1. The van der Waals surface area contributed by atoms with E-state index in [1.165, 1.54) is 12.1 Å². The average molecular weight is 303 g/mol. The van der Waals surface area contributed by atoms with Gasteiger partial charge in [-0.05, 0) is 18.6 Å². The van der Waals surface area contributed by atoms with Crippen molar-refractivity contribution in [3.8, 4) is 5.75 Å². The molecule has 3 rings (SSSR count). The molecule has 0 saturated carbocycles. The van der Waals surface area contributed by atoms with E-state index < -0.39 is 5.60 Å². The largest absolute Gasteiger partial charge is 0.490 e. The minimum atomic E-state index is -0.922. The number of aromatic nitrogens is 2. The molecule has 2 aromatic rings. The van der Waals surface area contributed by atoms with Gasteiger partial charge in [0.25, 0.3) is 0 Å². The molecule has 0 aliphatic carbocycles. The summed E-state index contributed by atoms with van der Waals surface area (Å²) in [6, 6.07) is 5.94. The number of β-amino-alcohol motifs (C(OH)–C–C–N with tert-alkyl or cyclic N) is 1. The van der Waals surface area contributed by atoms with Crippen molar-refractivity contribution in [3.63, 3.8) is 0 Å². The number of benzene rings is 1. The van der Waals surface area contributed by atoms with Crippen LogP contribution in [0.1, 0.15) is 12.1 Å². The lowest BCUT2D eigenvalue weighted by molar-refractivity contribution is 0.00321. The highest BCUT2D eigenvalue weighted by Crippen LogP contribution is 2.24. The normalized spacial score (nSPS) is 21.9. The summed E-state index contributed by atoms with van der Waals surface area (Å²) >= 11 is 0. The van der Waals surface area contributed by atoms with Crippen molar-refractivity contribution in [3.05, 3.63) is 54.4 Å². The zero-order chi connectivity index (χ0) is 15.4. The van der Waals surface area contributed by atoms with Gasteiger partial charge >= 0.3 is 0 Å². The van der Waals surface area contributed by atoms with Crippen LogP contribution in [0, 0.1) is 5.82 Å². The first-order valence-electron chi connectivity index (χ1n) is 7.21. The van der Waals surface area contributed by atoms with Gasteiger partial charge in [0.1, 0.15) is 23.8 Å². The SMILES string of the molecule is OC1(COc2cccc(F)c2)CCN(Cc2cnccn2)C1. The summed E-state index contributed by atoms with van der Waals surface area (Å²) < 4.78 is 18.6. The van der Waals surface area contributed by atoms with Crippen LogP contribution in [0.2, 0.25) is 0 Å². The van der Waals surface area contributed by atoms with Gasteiger partial charge in [-0.1, -0.05) is 6.07 Å². The first-order valence-corrected chi connectivity index (χ1v) is 7.21. The molecule has 1 aromatic carbocycles. The molecule has 6 heteroatoms. The number of aliphatic hydroxyl groups is 1. The molecular formula is C16H18FN3O2. The van der Waals surface area contributed by atoms with E-state index in [2.05, 4.69) is 14.9 Å². The number of likely N-dealkylation sites (tertiary alicyclic amines) is 1. The summed E-state index contributed by atoms with van der Waals surface area (Å²) in [5, 5.41) is 10.6. The minimum absolute atomic E-state index is 0.146. The predicted molar refractivity (Wildman–Crippen MR) is 78.8 cm³/mol. The summed E-state index contributed by atoms with van der Waals surface area (Å²) in [6.07, 6.45) is 5.63. The Kier molecular flexibility index (Phi) is 4.31. The number of hydrogen-bond donors (Lipinski definition) is 1. The zero-order valence-corrected chi connectivity index (χ0v) is 12.2. The van der Waals surface area contributed by atoms with Crippen molar-refractivity contribution >= 4 is 0 Å². The van der Waals surface area contributed by atoms with Gasteiger partial charge in [-0.25, -0.2) is 4.39 Å². The molecule has 1 atom stereocenters. The molecule has 1 saturated heterocycles. The number of rotatable bonds is 5. The Morgan fingerprint density at radius 1 is 1.36 bits per heavy atom. The molecule has 0 radical (unpaired) electrons. The smallest absolute Gasteiger partial charge is 0.126 e. The maximum absolute atomic E-state index is 13.1. The second-order valence-electron chi connectivity index (χ2n) is 5.63. The molecule has 22 heavy (non-hydrogen) atoms. The number of nitrogens with zero attached hydrogens (tertiary/aromatic N) is 3. The van der Waals surface area contributed by atoms with Crippen LogP contribution in [0.4, 0.5) is 4.39 Å². The molecule has 0 amide bonds. The first kappa shape index (κ1) is 14.9. The Morgan fingerprint density at radius 3 is 3.05 bits per heavy atom. The van der Waals surface area contributed by atoms with E-state index in [1.807, 2.05) is 0 Å². The highest BCUT2D eigenvalue weighted by Gasteiger charge is 2.37. The fraction of sp³-hybridized carbons (Fsp3) is 0.375. The van der Waals surface area contributed by atoms with Crippen LogP contribution in [0.15, 0.2) is 42.9 Å². The minimum Gasteiger partial charge on any atom is -0.490 e. The molecule has 0 bridgehead atoms. The second kappa shape index (κ2) is 6.37. The number of ether oxygens (including phenoxy) is 1. The fourth-order valence-corrected chi connectivity index (χ4v) is 2.61. The van der Waals surface area contributed by atoms with E-state index in [4.69, 9.17) is 4.74 Å². The fourth-order valence-electron chi connectivity index (χ4n) is 2.61. The summed E-state index contributed by atoms with van der Waals surface area (Å²) in [4.78, 5) is 10.4. The third kappa shape index (κ3) is 3.78. The molecular weight excluding hydrogens is 285 g/mol. The van der Waals surface area contributed by atoms with Crippen LogP contribution in [-0.2, 0) is 6.54 Å². The third-order valence-corrected chi connectivity index (χ3v) is 3.72. The molecule has 0 spiro atoms. The molecule has 1 aliphatic heterocycles. The van der Waals surface area contributed by atoms with E-state index in [1.54, 1.807) is 30.7 Å². The molecule has 1 unspecified atom stereocenters. The second-order valence-corrected chi connectivity index (χ2v) is 5.63. The van der Waals surface area contributed by atoms with Gasteiger partial charge in [0, 0.05) is 44.3 Å². The standard InChI is InChI=1S/C16H18FN3O2/c17-13-2-1-3-15(8-13)22-12-16(21)4-7-20(11-16)10-14-9-18-5-6-19-14/h1-3,5-6,8-9,21H,4,7,10-12H2. The molecule has 2 heterocycles. The summed E-state index contributed by atoms with van der Waals surface area (Å²) in [7, 11) is 0. The maximum atomic E-state index is 13.1. The van der Waals surface area contributed by atoms with Crippen molar-refractivity contribution in [2.24, 2.45) is 0 Å². The molecule has 1 aliphatic rings. The van der Waals surface area contributed by atoms with Gasteiger partial charge in [-0.15, -0.1) is 0 Å².